The number of halogens is 1. The highest BCUT2D eigenvalue weighted by molar-refractivity contribution is 7.99. The van der Waals surface area contributed by atoms with Crippen molar-refractivity contribution in [1.29, 1.82) is 0 Å². The number of nitrogens with zero attached hydrogens (tertiary/aromatic N) is 2. The van der Waals surface area contributed by atoms with E-state index in [9.17, 15) is 9.70 Å². The molecule has 0 bridgehead atoms. The van der Waals surface area contributed by atoms with Crippen molar-refractivity contribution in [3.8, 4) is 5.75 Å². The third kappa shape index (κ3) is 5.53. The first-order valence-corrected chi connectivity index (χ1v) is 10.5. The van der Waals surface area contributed by atoms with Gasteiger partial charge in [0, 0.05) is 40.0 Å². The number of thioether (sulfide) groups is 1. The van der Waals surface area contributed by atoms with E-state index in [0.29, 0.717) is 6.42 Å². The zero-order valence-corrected chi connectivity index (χ0v) is 19.2. The van der Waals surface area contributed by atoms with Crippen molar-refractivity contribution >= 4 is 30.1 Å². The van der Waals surface area contributed by atoms with Crippen LogP contribution in [0.25, 0.3) is 0 Å². The molecular formula is C22H28ClN2O4S+. The van der Waals surface area contributed by atoms with Crippen LogP contribution in [0.4, 0.5) is 0 Å². The van der Waals surface area contributed by atoms with E-state index in [1.54, 1.807) is 18.9 Å². The van der Waals surface area contributed by atoms with Gasteiger partial charge in [0.05, 0.1) is 7.11 Å². The molecule has 1 aliphatic rings. The molecule has 0 aromatic heterocycles. The minimum Gasteiger partial charge on any atom is -0.497 e. The second-order valence-corrected chi connectivity index (χ2v) is 8.50. The van der Waals surface area contributed by atoms with Gasteiger partial charge in [-0.05, 0) is 37.9 Å². The Hall–Kier alpha value is -2.09. The van der Waals surface area contributed by atoms with Crippen molar-refractivity contribution in [2.45, 2.75) is 35.8 Å². The maximum atomic E-state index is 13.5. The average Bonchev–Trinajstić information content (AvgIpc) is 2.81. The fraction of sp³-hybridized carbons (Fsp3) is 0.409. The van der Waals surface area contributed by atoms with Gasteiger partial charge in [-0.25, -0.2) is 0 Å². The lowest BCUT2D eigenvalue weighted by molar-refractivity contribution is -0.661. The normalized spacial score (nSPS) is 20.7. The predicted molar refractivity (Wildman–Crippen MR) is 120 cm³/mol. The topological polar surface area (TPSA) is 58.9 Å². The first-order chi connectivity index (χ1) is 13.9. The zero-order valence-electron chi connectivity index (χ0n) is 17.6. The molecule has 30 heavy (non-hydrogen) atoms. The Labute approximate surface area is 187 Å². The molecule has 8 heteroatoms. The van der Waals surface area contributed by atoms with E-state index in [1.165, 1.54) is 6.92 Å². The smallest absolute Gasteiger partial charge is 0.362 e. The van der Waals surface area contributed by atoms with Crippen LogP contribution in [0, 0.1) is 4.91 Å². The van der Waals surface area contributed by atoms with Gasteiger partial charge in [0.25, 0.3) is 0 Å². The SMILES string of the molecule is COc1ccc([C@H]2Sc3ccccc3C(CCN(C)C)[N+](=O)[C@H]2OC(C)=O)cc1.Cl. The van der Waals surface area contributed by atoms with E-state index in [-0.39, 0.29) is 17.7 Å². The van der Waals surface area contributed by atoms with Crippen LogP contribution in [-0.2, 0) is 9.53 Å². The van der Waals surface area contributed by atoms with Crippen LogP contribution in [-0.4, -0.2) is 49.6 Å². The Morgan fingerprint density at radius 2 is 1.80 bits per heavy atom. The summed E-state index contributed by atoms with van der Waals surface area (Å²) in [5.74, 6) is 0.270. The Kier molecular flexibility index (Phi) is 8.70. The molecule has 0 amide bonds. The molecule has 1 aliphatic heterocycles. The summed E-state index contributed by atoms with van der Waals surface area (Å²) in [6.45, 7) is 2.10. The molecular weight excluding hydrogens is 424 g/mol. The molecule has 6 nitrogen and oxygen atoms in total. The lowest BCUT2D eigenvalue weighted by Crippen LogP contribution is -2.35. The Morgan fingerprint density at radius 3 is 2.40 bits per heavy atom. The summed E-state index contributed by atoms with van der Waals surface area (Å²) in [7, 11) is 5.58. The Morgan fingerprint density at radius 1 is 1.13 bits per heavy atom. The van der Waals surface area contributed by atoms with E-state index in [1.807, 2.05) is 62.6 Å². The predicted octanol–water partition coefficient (Wildman–Crippen LogP) is 4.62. The standard InChI is InChI=1S/C22H27N2O4S.ClH/c1-15(25)28-22-21(16-9-11-17(27-4)12-10-16)29-20-8-6-5-7-18(20)19(24(22)26)13-14-23(2)3;/h5-12,19,21-22H,13-14H2,1-4H3;1H/q+1;/t19?,21-,22+;/m1./s1. The molecule has 0 saturated carbocycles. The quantitative estimate of drug-likeness (QED) is 0.471. The van der Waals surface area contributed by atoms with Gasteiger partial charge in [0.15, 0.2) is 0 Å². The summed E-state index contributed by atoms with van der Waals surface area (Å²) >= 11 is 1.56. The maximum Gasteiger partial charge on any atom is 0.362 e. The Balaban J connectivity index is 0.00000320. The molecule has 2 aromatic rings. The summed E-state index contributed by atoms with van der Waals surface area (Å²) < 4.78 is 11.8. The molecule has 0 fully saturated rings. The number of carbonyl (C=O) groups is 1. The van der Waals surface area contributed by atoms with Crippen molar-refractivity contribution < 1.29 is 19.0 Å². The van der Waals surface area contributed by atoms with Crippen LogP contribution in [0.3, 0.4) is 0 Å². The molecule has 1 heterocycles. The molecule has 2 aromatic carbocycles. The largest absolute Gasteiger partial charge is 0.497 e. The van der Waals surface area contributed by atoms with Crippen LogP contribution < -0.4 is 4.74 Å². The number of fused-ring (bicyclic) bond motifs is 1. The number of nitroso groups, excluding NO2 is 1. The highest BCUT2D eigenvalue weighted by atomic mass is 35.5. The maximum absolute atomic E-state index is 13.5. The number of methoxy groups -OCH3 is 1. The first-order valence-electron chi connectivity index (χ1n) is 9.57. The number of carbonyl (C=O) groups excluding carboxylic acids is 1. The molecule has 0 saturated heterocycles. The fourth-order valence-electron chi connectivity index (χ4n) is 3.48. The second-order valence-electron chi connectivity index (χ2n) is 7.32. The van der Waals surface area contributed by atoms with Crippen LogP contribution in [0.5, 0.6) is 5.75 Å². The highest BCUT2D eigenvalue weighted by Gasteiger charge is 2.48. The van der Waals surface area contributed by atoms with Gasteiger partial charge in [-0.3, -0.25) is 4.79 Å². The van der Waals surface area contributed by atoms with Gasteiger partial charge in [0.2, 0.25) is 6.04 Å². The summed E-state index contributed by atoms with van der Waals surface area (Å²) in [5.41, 5.74) is 1.88. The average molecular weight is 452 g/mol. The van der Waals surface area contributed by atoms with Gasteiger partial charge >= 0.3 is 12.2 Å². The number of hydrogen-bond acceptors (Lipinski definition) is 6. The minimum absolute atomic E-state index is 0. The van der Waals surface area contributed by atoms with Crippen molar-refractivity contribution in [1.82, 2.24) is 4.90 Å². The molecule has 0 N–H and O–H groups in total. The van der Waals surface area contributed by atoms with E-state index < -0.39 is 18.2 Å². The summed E-state index contributed by atoms with van der Waals surface area (Å²) in [6, 6.07) is 15.1. The van der Waals surface area contributed by atoms with Crippen molar-refractivity contribution in [3.63, 3.8) is 0 Å². The molecule has 3 rings (SSSR count). The van der Waals surface area contributed by atoms with Crippen molar-refractivity contribution in [2.75, 3.05) is 27.7 Å². The Bertz CT molecular complexity index is 876. The van der Waals surface area contributed by atoms with Gasteiger partial charge < -0.3 is 14.4 Å². The number of esters is 1. The van der Waals surface area contributed by atoms with Crippen molar-refractivity contribution in [3.05, 3.63) is 64.6 Å². The number of rotatable bonds is 6. The van der Waals surface area contributed by atoms with E-state index in [4.69, 9.17) is 9.47 Å². The molecule has 0 aliphatic carbocycles. The lowest BCUT2D eigenvalue weighted by atomic mass is 10.0. The monoisotopic (exact) mass is 451 g/mol. The molecule has 0 spiro atoms. The molecule has 3 atom stereocenters. The van der Waals surface area contributed by atoms with Gasteiger partial charge in [-0.1, -0.05) is 30.3 Å². The minimum atomic E-state index is -0.926. The highest BCUT2D eigenvalue weighted by Crippen LogP contribution is 2.47. The van der Waals surface area contributed by atoms with Gasteiger partial charge in [-0.2, -0.15) is 0 Å². The third-order valence-corrected chi connectivity index (χ3v) is 6.31. The first kappa shape index (κ1) is 24.2. The van der Waals surface area contributed by atoms with E-state index in [2.05, 4.69) is 4.90 Å². The number of ether oxygens (including phenoxy) is 2. The van der Waals surface area contributed by atoms with Crippen LogP contribution >= 0.6 is 24.2 Å². The number of benzene rings is 2. The summed E-state index contributed by atoms with van der Waals surface area (Å²) in [5, 5.41) is -0.354. The molecule has 1 unspecified atom stereocenters. The molecule has 0 radical (unpaired) electrons. The molecule has 162 valence electrons. The van der Waals surface area contributed by atoms with Crippen LogP contribution in [0.15, 0.2) is 53.4 Å². The summed E-state index contributed by atoms with van der Waals surface area (Å²) in [6.07, 6.45) is -0.285. The second kappa shape index (κ2) is 10.8. The van der Waals surface area contributed by atoms with Crippen LogP contribution in [0.1, 0.15) is 35.8 Å². The fourth-order valence-corrected chi connectivity index (χ4v) is 4.84. The number of hydrogen-bond donors (Lipinski definition) is 0. The van der Waals surface area contributed by atoms with Gasteiger partial charge in [-0.15, -0.1) is 24.2 Å². The third-order valence-electron chi connectivity index (χ3n) is 4.93. The van der Waals surface area contributed by atoms with E-state index in [0.717, 1.165) is 33.1 Å². The van der Waals surface area contributed by atoms with Crippen molar-refractivity contribution in [2.24, 2.45) is 0 Å². The lowest BCUT2D eigenvalue weighted by Gasteiger charge is -2.20. The van der Waals surface area contributed by atoms with E-state index >= 15 is 0 Å². The van der Waals surface area contributed by atoms with Gasteiger partial charge in [0.1, 0.15) is 11.0 Å². The zero-order chi connectivity index (χ0) is 21.0. The summed E-state index contributed by atoms with van der Waals surface area (Å²) in [4.78, 5) is 28.5. The van der Waals surface area contributed by atoms with Crippen LogP contribution in [0.2, 0.25) is 0 Å².